The Morgan fingerprint density at radius 3 is 2.75 bits per heavy atom. The van der Waals surface area contributed by atoms with Crippen molar-refractivity contribution in [2.75, 3.05) is 13.2 Å². The van der Waals surface area contributed by atoms with Crippen molar-refractivity contribution in [3.05, 3.63) is 28.8 Å². The lowest BCUT2D eigenvalue weighted by molar-refractivity contribution is 0.0520. The highest BCUT2D eigenvalue weighted by Gasteiger charge is 2.15. The first-order chi connectivity index (χ1) is 9.31. The number of rotatable bonds is 4. The molecule has 0 fully saturated rings. The van der Waals surface area contributed by atoms with Gasteiger partial charge in [0.15, 0.2) is 0 Å². The number of carbonyl (C=O) groups is 1. The van der Waals surface area contributed by atoms with E-state index in [1.165, 1.54) is 0 Å². The summed E-state index contributed by atoms with van der Waals surface area (Å²) in [6.07, 6.45) is -0.507. The molecule has 1 aromatic carbocycles. The smallest absolute Gasteiger partial charge is 0.407 e. The van der Waals surface area contributed by atoms with Crippen molar-refractivity contribution >= 4 is 17.7 Å². The number of hydrogen-bond acceptors (Lipinski definition) is 4. The molecule has 0 heterocycles. The summed E-state index contributed by atoms with van der Waals surface area (Å²) in [4.78, 5) is 11.4. The number of nitrogens with zero attached hydrogens (tertiary/aromatic N) is 1. The molecule has 0 aliphatic rings. The lowest BCUT2D eigenvalue weighted by Crippen LogP contribution is -2.34. The van der Waals surface area contributed by atoms with E-state index in [-0.39, 0.29) is 13.2 Å². The van der Waals surface area contributed by atoms with E-state index in [4.69, 9.17) is 26.3 Å². The van der Waals surface area contributed by atoms with Gasteiger partial charge in [-0.05, 0) is 32.9 Å². The van der Waals surface area contributed by atoms with E-state index < -0.39 is 11.7 Å². The van der Waals surface area contributed by atoms with Crippen LogP contribution in [0.15, 0.2) is 18.2 Å². The van der Waals surface area contributed by atoms with Crippen molar-refractivity contribution in [2.24, 2.45) is 0 Å². The van der Waals surface area contributed by atoms with Gasteiger partial charge in [-0.15, -0.1) is 0 Å². The molecule has 1 amide bonds. The Morgan fingerprint density at radius 2 is 2.15 bits per heavy atom. The van der Waals surface area contributed by atoms with Crippen LogP contribution in [0.2, 0.25) is 5.02 Å². The van der Waals surface area contributed by atoms with Crippen molar-refractivity contribution in [3.8, 4) is 11.8 Å². The van der Waals surface area contributed by atoms with Gasteiger partial charge >= 0.3 is 6.09 Å². The van der Waals surface area contributed by atoms with Crippen LogP contribution in [0.4, 0.5) is 4.79 Å². The fraction of sp³-hybridized carbons (Fsp3) is 0.429. The van der Waals surface area contributed by atoms with Crippen LogP contribution in [0.5, 0.6) is 5.75 Å². The molecule has 6 heteroatoms. The van der Waals surface area contributed by atoms with Crippen LogP contribution in [-0.4, -0.2) is 24.8 Å². The molecule has 0 atom stereocenters. The zero-order chi connectivity index (χ0) is 15.2. The Labute approximate surface area is 123 Å². The predicted molar refractivity (Wildman–Crippen MR) is 75.9 cm³/mol. The predicted octanol–water partition coefficient (Wildman–Crippen LogP) is 3.12. The molecule has 0 unspecified atom stereocenters. The van der Waals surface area contributed by atoms with E-state index in [2.05, 4.69) is 5.32 Å². The summed E-state index contributed by atoms with van der Waals surface area (Å²) in [5.41, 5.74) is -0.141. The van der Waals surface area contributed by atoms with E-state index in [0.29, 0.717) is 16.3 Å². The third kappa shape index (κ3) is 5.81. The molecule has 5 nitrogen and oxygen atoms in total. The number of benzene rings is 1. The van der Waals surface area contributed by atoms with Gasteiger partial charge in [0, 0.05) is 11.1 Å². The van der Waals surface area contributed by atoms with Crippen LogP contribution in [0.3, 0.4) is 0 Å². The minimum absolute atomic E-state index is 0.217. The van der Waals surface area contributed by atoms with E-state index >= 15 is 0 Å². The summed E-state index contributed by atoms with van der Waals surface area (Å²) >= 11 is 5.83. The Bertz CT molecular complexity index is 518. The topological polar surface area (TPSA) is 71.3 Å². The first kappa shape index (κ1) is 16.1. The molecular weight excluding hydrogens is 280 g/mol. The van der Waals surface area contributed by atoms with Gasteiger partial charge in [-0.1, -0.05) is 11.6 Å². The minimum atomic E-state index is -0.536. The maximum Gasteiger partial charge on any atom is 0.407 e. The lowest BCUT2D eigenvalue weighted by atomic mass is 10.2. The highest BCUT2D eigenvalue weighted by molar-refractivity contribution is 6.30. The average molecular weight is 297 g/mol. The number of nitriles is 1. The number of alkyl carbamates (subject to hydrolysis) is 1. The van der Waals surface area contributed by atoms with Crippen LogP contribution in [-0.2, 0) is 4.74 Å². The molecule has 0 aliphatic heterocycles. The zero-order valence-corrected chi connectivity index (χ0v) is 12.5. The summed E-state index contributed by atoms with van der Waals surface area (Å²) in [6.45, 7) is 5.84. The SMILES string of the molecule is CC(C)(C)OC(=O)NCCOc1cc(Cl)ccc1C#N. The highest BCUT2D eigenvalue weighted by atomic mass is 35.5. The Kier molecular flexibility index (Phi) is 5.66. The molecule has 0 aromatic heterocycles. The first-order valence-electron chi connectivity index (χ1n) is 6.11. The number of hydrogen-bond donors (Lipinski definition) is 1. The molecule has 1 N–H and O–H groups in total. The van der Waals surface area contributed by atoms with E-state index in [1.54, 1.807) is 39.0 Å². The average Bonchev–Trinajstić information content (AvgIpc) is 2.33. The fourth-order valence-electron chi connectivity index (χ4n) is 1.34. The Hall–Kier alpha value is -1.93. The van der Waals surface area contributed by atoms with Crippen LogP contribution < -0.4 is 10.1 Å². The van der Waals surface area contributed by atoms with Crippen molar-refractivity contribution in [3.63, 3.8) is 0 Å². The second-order valence-electron chi connectivity index (χ2n) is 5.03. The molecule has 0 saturated carbocycles. The van der Waals surface area contributed by atoms with Gasteiger partial charge in [-0.25, -0.2) is 4.79 Å². The molecule has 1 rings (SSSR count). The number of halogens is 1. The van der Waals surface area contributed by atoms with Gasteiger partial charge in [0.25, 0.3) is 0 Å². The molecule has 0 spiro atoms. The van der Waals surface area contributed by atoms with E-state index in [9.17, 15) is 4.79 Å². The van der Waals surface area contributed by atoms with Gasteiger partial charge in [-0.2, -0.15) is 5.26 Å². The fourth-order valence-corrected chi connectivity index (χ4v) is 1.50. The molecule has 20 heavy (non-hydrogen) atoms. The van der Waals surface area contributed by atoms with Crippen LogP contribution >= 0.6 is 11.6 Å². The zero-order valence-electron chi connectivity index (χ0n) is 11.7. The number of nitrogens with one attached hydrogen (secondary N) is 1. The molecule has 0 aliphatic carbocycles. The summed E-state index contributed by atoms with van der Waals surface area (Å²) < 4.78 is 10.5. The summed E-state index contributed by atoms with van der Waals surface area (Å²) in [7, 11) is 0. The standard InChI is InChI=1S/C14H17ClN2O3/c1-14(2,3)20-13(18)17-6-7-19-12-8-11(15)5-4-10(12)9-16/h4-5,8H,6-7H2,1-3H3,(H,17,18). The Morgan fingerprint density at radius 1 is 1.45 bits per heavy atom. The quantitative estimate of drug-likeness (QED) is 0.867. The van der Waals surface area contributed by atoms with E-state index in [0.717, 1.165) is 0 Å². The van der Waals surface area contributed by atoms with Crippen LogP contribution in [0.25, 0.3) is 0 Å². The lowest BCUT2D eigenvalue weighted by Gasteiger charge is -2.19. The maximum atomic E-state index is 11.4. The first-order valence-corrected chi connectivity index (χ1v) is 6.49. The van der Waals surface area contributed by atoms with Gasteiger partial charge in [0.2, 0.25) is 0 Å². The van der Waals surface area contributed by atoms with Gasteiger partial charge in [0.1, 0.15) is 24.0 Å². The number of ether oxygens (including phenoxy) is 2. The summed E-state index contributed by atoms with van der Waals surface area (Å²) in [5, 5.41) is 12.0. The van der Waals surface area contributed by atoms with Crippen molar-refractivity contribution in [1.82, 2.24) is 5.32 Å². The molecular formula is C14H17ClN2O3. The van der Waals surface area contributed by atoms with Crippen LogP contribution in [0.1, 0.15) is 26.3 Å². The van der Waals surface area contributed by atoms with Crippen LogP contribution in [0, 0.1) is 11.3 Å². The molecule has 0 radical (unpaired) electrons. The summed E-state index contributed by atoms with van der Waals surface area (Å²) in [6, 6.07) is 6.77. The monoisotopic (exact) mass is 296 g/mol. The van der Waals surface area contributed by atoms with Gasteiger partial charge < -0.3 is 14.8 Å². The van der Waals surface area contributed by atoms with Crippen molar-refractivity contribution in [2.45, 2.75) is 26.4 Å². The second-order valence-corrected chi connectivity index (χ2v) is 5.47. The number of amides is 1. The number of carbonyl (C=O) groups excluding carboxylic acids is 1. The van der Waals surface area contributed by atoms with Crippen molar-refractivity contribution < 1.29 is 14.3 Å². The second kappa shape index (κ2) is 7.01. The third-order valence-electron chi connectivity index (χ3n) is 2.09. The molecule has 1 aromatic rings. The molecule has 108 valence electrons. The molecule has 0 bridgehead atoms. The Balaban J connectivity index is 2.40. The molecule has 0 saturated heterocycles. The maximum absolute atomic E-state index is 11.4. The normalized spacial score (nSPS) is 10.6. The van der Waals surface area contributed by atoms with E-state index in [1.807, 2.05) is 6.07 Å². The van der Waals surface area contributed by atoms with Gasteiger partial charge in [-0.3, -0.25) is 0 Å². The largest absolute Gasteiger partial charge is 0.490 e. The minimum Gasteiger partial charge on any atom is -0.490 e. The third-order valence-corrected chi connectivity index (χ3v) is 2.33. The van der Waals surface area contributed by atoms with Crippen molar-refractivity contribution in [1.29, 1.82) is 5.26 Å². The highest BCUT2D eigenvalue weighted by Crippen LogP contribution is 2.22. The van der Waals surface area contributed by atoms with Gasteiger partial charge in [0.05, 0.1) is 12.1 Å². The summed E-state index contributed by atoms with van der Waals surface area (Å²) in [5.74, 6) is 0.394.